The third-order valence-electron chi connectivity index (χ3n) is 7.98. The number of alkyl carbamates (subject to hydrolysis) is 1. The van der Waals surface area contributed by atoms with Crippen LogP contribution < -0.4 is 5.32 Å². The predicted molar refractivity (Wildman–Crippen MR) is 108 cm³/mol. The molecule has 1 saturated heterocycles. The molecule has 3 atom stereocenters. The molecule has 2 amide bonds. The molecule has 3 aliphatic rings. The van der Waals surface area contributed by atoms with Crippen LogP contribution >= 0.6 is 0 Å². The topological polar surface area (TPSA) is 95.9 Å². The molecule has 0 aromatic heterocycles. The van der Waals surface area contributed by atoms with Crippen LogP contribution in [0.2, 0.25) is 0 Å². The fraction of sp³-hybridized carbons (Fsp3) is 0.864. The summed E-state index contributed by atoms with van der Waals surface area (Å²) in [5, 5.41) is 12.6. The van der Waals surface area contributed by atoms with Gasteiger partial charge in [0.25, 0.3) is 0 Å². The Morgan fingerprint density at radius 2 is 1.72 bits per heavy atom. The summed E-state index contributed by atoms with van der Waals surface area (Å²) in [5.74, 6) is -1.48. The van der Waals surface area contributed by atoms with E-state index in [-0.39, 0.29) is 28.1 Å². The zero-order valence-corrected chi connectivity index (χ0v) is 18.8. The average Bonchev–Trinajstić information content (AvgIpc) is 2.78. The maximum atomic E-state index is 13.4. The number of fused-ring (bicyclic) bond motifs is 1. The number of carbonyl (C=O) groups is 3. The van der Waals surface area contributed by atoms with Crippen LogP contribution in [0.25, 0.3) is 0 Å². The summed E-state index contributed by atoms with van der Waals surface area (Å²) in [4.78, 5) is 39.3. The van der Waals surface area contributed by atoms with Crippen molar-refractivity contribution in [3.63, 3.8) is 0 Å². The first-order valence-corrected chi connectivity index (χ1v) is 10.7. The lowest BCUT2D eigenvalue weighted by Crippen LogP contribution is -2.54. The van der Waals surface area contributed by atoms with Gasteiger partial charge in [-0.3, -0.25) is 4.79 Å². The molecule has 3 fully saturated rings. The number of nitrogens with one attached hydrogen (secondary N) is 1. The second-order valence-electron chi connectivity index (χ2n) is 11.0. The zero-order chi connectivity index (χ0) is 22.0. The molecule has 0 aromatic rings. The quantitative estimate of drug-likeness (QED) is 0.743. The predicted octanol–water partition coefficient (Wildman–Crippen LogP) is 3.42. The van der Waals surface area contributed by atoms with Gasteiger partial charge in [-0.25, -0.2) is 9.59 Å². The number of amides is 2. The number of aliphatic carboxylic acids is 1. The van der Waals surface area contributed by atoms with Crippen molar-refractivity contribution < 1.29 is 24.2 Å². The molecule has 0 aromatic carbocycles. The summed E-state index contributed by atoms with van der Waals surface area (Å²) < 4.78 is 5.31. The van der Waals surface area contributed by atoms with Crippen molar-refractivity contribution in [3.05, 3.63) is 0 Å². The molecule has 2 N–H and O–H groups in total. The molecule has 29 heavy (non-hydrogen) atoms. The van der Waals surface area contributed by atoms with Crippen molar-refractivity contribution in [2.75, 3.05) is 6.54 Å². The number of hydrogen-bond acceptors (Lipinski definition) is 4. The number of nitrogens with zero attached hydrogens (tertiary/aromatic N) is 1. The lowest BCUT2D eigenvalue weighted by Gasteiger charge is -2.32. The van der Waals surface area contributed by atoms with Gasteiger partial charge in [-0.15, -0.1) is 0 Å². The number of carbonyl (C=O) groups excluding carboxylic acids is 2. The van der Waals surface area contributed by atoms with Gasteiger partial charge in [0.2, 0.25) is 5.91 Å². The van der Waals surface area contributed by atoms with Crippen LogP contribution in [0, 0.1) is 22.2 Å². The van der Waals surface area contributed by atoms with Gasteiger partial charge in [0.05, 0.1) is 0 Å². The monoisotopic (exact) mass is 408 g/mol. The molecule has 7 heteroatoms. The molecule has 1 unspecified atom stereocenters. The lowest BCUT2D eigenvalue weighted by atomic mass is 9.73. The summed E-state index contributed by atoms with van der Waals surface area (Å²) in [6, 6.07) is -1.66. The van der Waals surface area contributed by atoms with E-state index in [9.17, 15) is 19.5 Å². The van der Waals surface area contributed by atoms with Crippen LogP contribution in [-0.4, -0.2) is 52.2 Å². The Bertz CT molecular complexity index is 719. The van der Waals surface area contributed by atoms with Gasteiger partial charge in [0.15, 0.2) is 0 Å². The number of ether oxygens (including phenoxy) is 1. The van der Waals surface area contributed by atoms with Crippen molar-refractivity contribution in [3.8, 4) is 0 Å². The van der Waals surface area contributed by atoms with E-state index in [1.807, 2.05) is 13.8 Å². The maximum Gasteiger partial charge on any atom is 0.408 e. The first-order valence-electron chi connectivity index (χ1n) is 10.7. The first-order chi connectivity index (χ1) is 13.2. The molecule has 1 aliphatic heterocycles. The third kappa shape index (κ3) is 3.12. The zero-order valence-electron chi connectivity index (χ0n) is 18.8. The second kappa shape index (κ2) is 6.61. The van der Waals surface area contributed by atoms with Crippen LogP contribution in [-0.2, 0) is 14.3 Å². The molecular weight excluding hydrogens is 372 g/mol. The Morgan fingerprint density at radius 3 is 2.10 bits per heavy atom. The average molecular weight is 409 g/mol. The highest BCUT2D eigenvalue weighted by atomic mass is 16.6. The van der Waals surface area contributed by atoms with E-state index < -0.39 is 29.7 Å². The molecule has 2 aliphatic carbocycles. The van der Waals surface area contributed by atoms with E-state index in [1.165, 1.54) is 11.3 Å². The van der Waals surface area contributed by atoms with Gasteiger partial charge in [-0.2, -0.15) is 0 Å². The van der Waals surface area contributed by atoms with E-state index >= 15 is 0 Å². The van der Waals surface area contributed by atoms with Crippen molar-refractivity contribution in [1.82, 2.24) is 10.2 Å². The van der Waals surface area contributed by atoms with Crippen LogP contribution in [0.3, 0.4) is 0 Å². The lowest BCUT2D eigenvalue weighted by molar-refractivity contribution is -0.149. The maximum absolute atomic E-state index is 13.4. The van der Waals surface area contributed by atoms with E-state index in [1.54, 1.807) is 20.8 Å². The minimum atomic E-state index is -0.966. The SMILES string of the molecule is CC(C)C(NC(=O)OC(C)(C)C)C(=O)N1C[C@]2(C[C@H]1C(=O)O)C(C)(C)C21CCC1. The van der Waals surface area contributed by atoms with Crippen LogP contribution in [0.4, 0.5) is 4.79 Å². The van der Waals surface area contributed by atoms with Gasteiger partial charge in [-0.1, -0.05) is 34.1 Å². The molecule has 164 valence electrons. The smallest absolute Gasteiger partial charge is 0.408 e. The highest BCUT2D eigenvalue weighted by Gasteiger charge is 2.85. The van der Waals surface area contributed by atoms with Crippen molar-refractivity contribution in [1.29, 1.82) is 0 Å². The van der Waals surface area contributed by atoms with Gasteiger partial charge in [0.1, 0.15) is 17.7 Å². The Hall–Kier alpha value is -1.79. The van der Waals surface area contributed by atoms with E-state index in [4.69, 9.17) is 4.74 Å². The second-order valence-corrected chi connectivity index (χ2v) is 11.0. The third-order valence-corrected chi connectivity index (χ3v) is 7.98. The summed E-state index contributed by atoms with van der Waals surface area (Å²) in [6.45, 7) is 13.9. The summed E-state index contributed by atoms with van der Waals surface area (Å²) >= 11 is 0. The van der Waals surface area contributed by atoms with Crippen LogP contribution in [0.1, 0.15) is 74.1 Å². The minimum absolute atomic E-state index is 0.0346. The highest BCUT2D eigenvalue weighted by Crippen LogP contribution is 2.88. The Labute approximate surface area is 173 Å². The van der Waals surface area contributed by atoms with E-state index in [0.29, 0.717) is 13.0 Å². The van der Waals surface area contributed by atoms with E-state index in [2.05, 4.69) is 19.2 Å². The number of rotatable bonds is 4. The largest absolute Gasteiger partial charge is 0.480 e. The van der Waals surface area contributed by atoms with Crippen molar-refractivity contribution in [2.45, 2.75) is 91.8 Å². The van der Waals surface area contributed by atoms with Crippen LogP contribution in [0.15, 0.2) is 0 Å². The van der Waals surface area contributed by atoms with Crippen molar-refractivity contribution in [2.24, 2.45) is 22.2 Å². The Balaban J connectivity index is 1.82. The molecule has 0 radical (unpaired) electrons. The molecule has 0 bridgehead atoms. The summed E-state index contributed by atoms with van der Waals surface area (Å²) in [7, 11) is 0. The number of hydrogen-bond donors (Lipinski definition) is 2. The fourth-order valence-electron chi connectivity index (χ4n) is 6.18. The number of carboxylic acids is 1. The van der Waals surface area contributed by atoms with Gasteiger partial charge in [-0.05, 0) is 56.8 Å². The molecule has 2 saturated carbocycles. The minimum Gasteiger partial charge on any atom is -0.480 e. The normalized spacial score (nSPS) is 30.2. The highest BCUT2D eigenvalue weighted by molar-refractivity contribution is 5.90. The molecule has 2 spiro atoms. The van der Waals surface area contributed by atoms with E-state index in [0.717, 1.165) is 12.8 Å². The summed E-state index contributed by atoms with van der Waals surface area (Å²) in [6.07, 6.45) is 3.23. The number of likely N-dealkylation sites (tertiary alicyclic amines) is 1. The van der Waals surface area contributed by atoms with Crippen molar-refractivity contribution >= 4 is 18.0 Å². The molecule has 3 rings (SSSR count). The Morgan fingerprint density at radius 1 is 1.14 bits per heavy atom. The van der Waals surface area contributed by atoms with Gasteiger partial charge < -0.3 is 20.1 Å². The molecule has 7 nitrogen and oxygen atoms in total. The number of carboxylic acid groups (broad SMARTS) is 1. The van der Waals surface area contributed by atoms with Gasteiger partial charge in [0, 0.05) is 12.0 Å². The van der Waals surface area contributed by atoms with Crippen LogP contribution in [0.5, 0.6) is 0 Å². The molecule has 1 heterocycles. The standard InChI is InChI=1S/C22H36N2O5/c1-13(2)15(23-18(28)29-19(3,4)5)16(25)24-12-22(11-14(24)17(26)27)20(6,7)21(22)9-8-10-21/h13-15H,8-12H2,1-7H3,(H,23,28)(H,26,27)/t14-,15?,22+/m0/s1. The molecular formula is C22H36N2O5. The summed E-state index contributed by atoms with van der Waals surface area (Å²) in [5.41, 5.74) is -0.615. The fourth-order valence-corrected chi connectivity index (χ4v) is 6.18. The van der Waals surface area contributed by atoms with Gasteiger partial charge >= 0.3 is 12.1 Å². The first kappa shape index (κ1) is 21.9. The Kier molecular flexibility index (Phi) is 4.99.